The zero-order chi connectivity index (χ0) is 25.7. The van der Waals surface area contributed by atoms with Crippen LogP contribution in [0.5, 0.6) is 0 Å². The Morgan fingerprint density at radius 3 is 2.41 bits per heavy atom. The fraction of sp³-hybridized carbons (Fsp3) is 0.621. The standard InChI is InChI=1S/C29H36ClN3O4/c1-17-7-13-21(14-8-17)33-25(27(35)32-19-5-3-2-4-6-19)29-16-15-22(37-29)23(24(29)28(33)36)26(34)31-20-11-9-18(30)10-12-20/h9-12,15-17,19,21-25H,2-8,13-14H2,1H3,(H,31,34)(H,32,35)/t17?,21?,22-,23+,24-,25-,29-/m0/s1. The number of rotatable bonds is 5. The number of likely N-dealkylation sites (tertiary alicyclic amines) is 1. The molecule has 6 rings (SSSR count). The molecular formula is C29H36ClN3O4. The first kappa shape index (κ1) is 24.9. The van der Waals surface area contributed by atoms with Crippen molar-refractivity contribution in [3.63, 3.8) is 0 Å². The number of anilines is 1. The van der Waals surface area contributed by atoms with Crippen molar-refractivity contribution in [2.75, 3.05) is 5.32 Å². The molecule has 3 aliphatic heterocycles. The van der Waals surface area contributed by atoms with E-state index >= 15 is 0 Å². The third-order valence-corrected chi connectivity index (χ3v) is 9.56. The first-order valence-corrected chi connectivity index (χ1v) is 14.3. The Kier molecular flexibility index (Phi) is 6.56. The number of halogens is 1. The number of nitrogens with one attached hydrogen (secondary N) is 2. The lowest BCUT2D eigenvalue weighted by molar-refractivity contribution is -0.145. The lowest BCUT2D eigenvalue weighted by atomic mass is 9.74. The number of hydrogen-bond acceptors (Lipinski definition) is 4. The van der Waals surface area contributed by atoms with E-state index < -0.39 is 29.6 Å². The smallest absolute Gasteiger partial charge is 0.246 e. The first-order valence-electron chi connectivity index (χ1n) is 13.9. The summed E-state index contributed by atoms with van der Waals surface area (Å²) in [5.74, 6) is -1.30. The van der Waals surface area contributed by atoms with Gasteiger partial charge < -0.3 is 20.3 Å². The van der Waals surface area contributed by atoms with E-state index in [1.807, 2.05) is 17.1 Å². The summed E-state index contributed by atoms with van der Waals surface area (Å²) >= 11 is 6.00. The van der Waals surface area contributed by atoms with E-state index in [9.17, 15) is 14.4 Å². The molecule has 1 aromatic carbocycles. The highest BCUT2D eigenvalue weighted by molar-refractivity contribution is 6.30. The molecule has 0 aromatic heterocycles. The number of hydrogen-bond donors (Lipinski definition) is 2. The molecule has 2 saturated carbocycles. The molecule has 2 aliphatic carbocycles. The summed E-state index contributed by atoms with van der Waals surface area (Å²) in [6.45, 7) is 2.24. The molecule has 3 heterocycles. The molecule has 2 bridgehead atoms. The summed E-state index contributed by atoms with van der Waals surface area (Å²) in [4.78, 5) is 43.6. The van der Waals surface area contributed by atoms with E-state index in [4.69, 9.17) is 16.3 Å². The van der Waals surface area contributed by atoms with Crippen LogP contribution in [-0.2, 0) is 19.1 Å². The van der Waals surface area contributed by atoms with E-state index in [2.05, 4.69) is 17.6 Å². The number of fused-ring (bicyclic) bond motifs is 1. The van der Waals surface area contributed by atoms with Gasteiger partial charge in [-0.15, -0.1) is 0 Å². The van der Waals surface area contributed by atoms with Gasteiger partial charge in [-0.1, -0.05) is 49.9 Å². The molecule has 7 nitrogen and oxygen atoms in total. The molecule has 3 amide bonds. The first-order chi connectivity index (χ1) is 17.9. The molecular weight excluding hydrogens is 490 g/mol. The lowest BCUT2D eigenvalue weighted by Crippen LogP contribution is -2.58. The second-order valence-electron chi connectivity index (χ2n) is 11.7. The second-order valence-corrected chi connectivity index (χ2v) is 12.1. The summed E-state index contributed by atoms with van der Waals surface area (Å²) in [6, 6.07) is 6.29. The normalized spacial score (nSPS) is 37.0. The van der Waals surface area contributed by atoms with Gasteiger partial charge in [0.25, 0.3) is 0 Å². The number of carbonyl (C=O) groups excluding carboxylic acids is 3. The second kappa shape index (κ2) is 9.73. The minimum Gasteiger partial charge on any atom is -0.359 e. The molecule has 198 valence electrons. The van der Waals surface area contributed by atoms with Crippen LogP contribution in [0.25, 0.3) is 0 Å². The van der Waals surface area contributed by atoms with Crippen LogP contribution in [0.3, 0.4) is 0 Å². The van der Waals surface area contributed by atoms with Gasteiger partial charge in [-0.25, -0.2) is 0 Å². The molecule has 37 heavy (non-hydrogen) atoms. The summed E-state index contributed by atoms with van der Waals surface area (Å²) < 4.78 is 6.49. The highest BCUT2D eigenvalue weighted by atomic mass is 35.5. The Bertz CT molecular complexity index is 1090. The summed E-state index contributed by atoms with van der Waals surface area (Å²) in [7, 11) is 0. The minimum absolute atomic E-state index is 0.0122. The highest BCUT2D eigenvalue weighted by Gasteiger charge is 2.73. The van der Waals surface area contributed by atoms with E-state index in [1.54, 1.807) is 24.3 Å². The number of benzene rings is 1. The average Bonchev–Trinajstić information content (AvgIpc) is 3.54. The maximum Gasteiger partial charge on any atom is 0.246 e. The van der Waals surface area contributed by atoms with E-state index in [0.29, 0.717) is 16.6 Å². The molecule has 2 saturated heterocycles. The van der Waals surface area contributed by atoms with Gasteiger partial charge in [0.2, 0.25) is 17.7 Å². The van der Waals surface area contributed by atoms with Crippen molar-refractivity contribution in [1.82, 2.24) is 10.2 Å². The maximum absolute atomic E-state index is 14.2. The molecule has 0 unspecified atom stereocenters. The van der Waals surface area contributed by atoms with Crippen molar-refractivity contribution < 1.29 is 19.1 Å². The van der Waals surface area contributed by atoms with Gasteiger partial charge in [-0.3, -0.25) is 14.4 Å². The van der Waals surface area contributed by atoms with E-state index in [1.165, 1.54) is 6.42 Å². The van der Waals surface area contributed by atoms with Crippen LogP contribution < -0.4 is 10.6 Å². The average molecular weight is 526 g/mol. The third kappa shape index (κ3) is 4.28. The highest BCUT2D eigenvalue weighted by Crippen LogP contribution is 2.56. The zero-order valence-electron chi connectivity index (χ0n) is 21.3. The Balaban J connectivity index is 1.31. The van der Waals surface area contributed by atoms with Crippen molar-refractivity contribution >= 4 is 35.0 Å². The largest absolute Gasteiger partial charge is 0.359 e. The Morgan fingerprint density at radius 2 is 1.70 bits per heavy atom. The number of nitrogens with zero attached hydrogens (tertiary/aromatic N) is 1. The van der Waals surface area contributed by atoms with Crippen molar-refractivity contribution in [2.24, 2.45) is 17.8 Å². The molecule has 8 heteroatoms. The van der Waals surface area contributed by atoms with Crippen molar-refractivity contribution in [3.8, 4) is 0 Å². The Labute approximate surface area is 223 Å². The summed E-state index contributed by atoms with van der Waals surface area (Å²) in [5, 5.41) is 6.81. The third-order valence-electron chi connectivity index (χ3n) is 9.31. The molecule has 0 radical (unpaired) electrons. The molecule has 1 aromatic rings. The molecule has 2 N–H and O–H groups in total. The predicted molar refractivity (Wildman–Crippen MR) is 141 cm³/mol. The topological polar surface area (TPSA) is 87.7 Å². The SMILES string of the molecule is CC1CCC(N2C(=O)[C@@H]3[C@H](C(=O)Nc4ccc(Cl)cc4)[C@@H]4C=C[C@@]3(O4)[C@@H]2C(=O)NC2CCCCC2)CC1. The van der Waals surface area contributed by atoms with Crippen LogP contribution in [0.15, 0.2) is 36.4 Å². The summed E-state index contributed by atoms with van der Waals surface area (Å²) in [6.07, 6.45) is 12.4. The number of carbonyl (C=O) groups is 3. The monoisotopic (exact) mass is 525 g/mol. The van der Waals surface area contributed by atoms with Gasteiger partial charge in [-0.05, 0) is 68.7 Å². The predicted octanol–water partition coefficient (Wildman–Crippen LogP) is 4.46. The summed E-state index contributed by atoms with van der Waals surface area (Å²) in [5.41, 5.74) is -0.490. The fourth-order valence-electron chi connectivity index (χ4n) is 7.41. The molecule has 5 atom stereocenters. The molecule has 1 spiro atoms. The zero-order valence-corrected chi connectivity index (χ0v) is 22.1. The Hall–Kier alpha value is -2.38. The van der Waals surface area contributed by atoms with Crippen LogP contribution in [0, 0.1) is 17.8 Å². The van der Waals surface area contributed by atoms with Gasteiger partial charge in [0, 0.05) is 22.8 Å². The van der Waals surface area contributed by atoms with Crippen LogP contribution in [0.4, 0.5) is 5.69 Å². The molecule has 4 fully saturated rings. The van der Waals surface area contributed by atoms with E-state index in [0.717, 1.165) is 51.4 Å². The Morgan fingerprint density at radius 1 is 1.00 bits per heavy atom. The van der Waals surface area contributed by atoms with E-state index in [-0.39, 0.29) is 29.8 Å². The van der Waals surface area contributed by atoms with Crippen LogP contribution in [0.1, 0.15) is 64.7 Å². The van der Waals surface area contributed by atoms with Gasteiger partial charge >= 0.3 is 0 Å². The number of ether oxygens (including phenoxy) is 1. The van der Waals surface area contributed by atoms with Crippen LogP contribution in [0.2, 0.25) is 5.02 Å². The van der Waals surface area contributed by atoms with Gasteiger partial charge in [0.15, 0.2) is 0 Å². The molecule has 5 aliphatic rings. The van der Waals surface area contributed by atoms with Crippen molar-refractivity contribution in [1.29, 1.82) is 0 Å². The number of amides is 3. The van der Waals surface area contributed by atoms with Gasteiger partial charge in [0.05, 0.1) is 17.9 Å². The van der Waals surface area contributed by atoms with Crippen LogP contribution >= 0.6 is 11.6 Å². The quantitative estimate of drug-likeness (QED) is 0.556. The van der Waals surface area contributed by atoms with Gasteiger partial charge in [0.1, 0.15) is 11.6 Å². The van der Waals surface area contributed by atoms with Gasteiger partial charge in [-0.2, -0.15) is 0 Å². The lowest BCUT2D eigenvalue weighted by Gasteiger charge is -2.40. The minimum atomic E-state index is -1.11. The van der Waals surface area contributed by atoms with Crippen molar-refractivity contribution in [3.05, 3.63) is 41.4 Å². The van der Waals surface area contributed by atoms with Crippen LogP contribution in [-0.4, -0.2) is 52.5 Å². The van der Waals surface area contributed by atoms with Crippen molar-refractivity contribution in [2.45, 2.75) is 94.5 Å². The fourth-order valence-corrected chi connectivity index (χ4v) is 7.53. The maximum atomic E-state index is 14.2.